The summed E-state index contributed by atoms with van der Waals surface area (Å²) in [6, 6.07) is 16.7. The SMILES string of the molecule is CN1CCN(c2ccnc3[nH]c(-c4n[nH]c5ncc(-c6cncc(CNCc7ccccc7)c6)cc45)nc23)CC1. The van der Waals surface area contributed by atoms with Gasteiger partial charge >= 0.3 is 0 Å². The summed E-state index contributed by atoms with van der Waals surface area (Å²) in [5.41, 5.74) is 8.49. The first-order chi connectivity index (χ1) is 19.7. The first-order valence-corrected chi connectivity index (χ1v) is 13.5. The van der Waals surface area contributed by atoms with Crippen molar-refractivity contribution in [3.63, 3.8) is 0 Å². The van der Waals surface area contributed by atoms with Crippen LogP contribution in [-0.2, 0) is 13.1 Å². The third-order valence-corrected chi connectivity index (χ3v) is 7.48. The van der Waals surface area contributed by atoms with Crippen LogP contribution in [0.25, 0.3) is 44.8 Å². The number of H-pyrrole nitrogens is 2. The van der Waals surface area contributed by atoms with Gasteiger partial charge in [0.05, 0.1) is 11.1 Å². The molecule has 40 heavy (non-hydrogen) atoms. The predicted octanol–water partition coefficient (Wildman–Crippen LogP) is 4.00. The minimum Gasteiger partial charge on any atom is -0.367 e. The summed E-state index contributed by atoms with van der Waals surface area (Å²) in [5, 5.41) is 12.0. The predicted molar refractivity (Wildman–Crippen MR) is 157 cm³/mol. The highest BCUT2D eigenvalue weighted by atomic mass is 15.3. The normalized spacial score (nSPS) is 14.4. The molecule has 5 aromatic heterocycles. The molecule has 1 aliphatic heterocycles. The molecule has 0 amide bonds. The average molecular weight is 531 g/mol. The zero-order chi connectivity index (χ0) is 26.9. The number of nitrogens with zero attached hydrogens (tertiary/aromatic N) is 7. The monoisotopic (exact) mass is 530 g/mol. The number of aromatic amines is 2. The number of benzene rings is 1. The van der Waals surface area contributed by atoms with E-state index in [1.54, 1.807) is 0 Å². The van der Waals surface area contributed by atoms with E-state index in [0.717, 1.165) is 83.9 Å². The highest BCUT2D eigenvalue weighted by molar-refractivity contribution is 5.95. The molecular formula is C30H30N10. The number of nitrogens with one attached hydrogen (secondary N) is 3. The summed E-state index contributed by atoms with van der Waals surface area (Å²) in [4.78, 5) is 26.8. The summed E-state index contributed by atoms with van der Waals surface area (Å²) >= 11 is 0. The van der Waals surface area contributed by atoms with Crippen LogP contribution in [0.4, 0.5) is 5.69 Å². The molecule has 1 aliphatic rings. The van der Waals surface area contributed by atoms with Crippen molar-refractivity contribution in [3.8, 4) is 22.6 Å². The van der Waals surface area contributed by atoms with Crippen LogP contribution in [0.2, 0.25) is 0 Å². The molecule has 10 nitrogen and oxygen atoms in total. The molecule has 200 valence electrons. The lowest BCUT2D eigenvalue weighted by Crippen LogP contribution is -2.44. The number of pyridine rings is 3. The van der Waals surface area contributed by atoms with Crippen LogP contribution in [0.5, 0.6) is 0 Å². The Balaban J connectivity index is 1.17. The molecule has 0 unspecified atom stereocenters. The number of anilines is 1. The van der Waals surface area contributed by atoms with Crippen LogP contribution < -0.4 is 10.2 Å². The second kappa shape index (κ2) is 10.5. The number of piperazine rings is 1. The Morgan fingerprint density at radius 3 is 2.55 bits per heavy atom. The van der Waals surface area contributed by atoms with E-state index in [2.05, 4.69) is 94.8 Å². The Labute approximate surface area is 231 Å². The smallest absolute Gasteiger partial charge is 0.161 e. The molecule has 6 aromatic rings. The molecule has 0 radical (unpaired) electrons. The molecule has 10 heteroatoms. The number of aromatic nitrogens is 7. The van der Waals surface area contributed by atoms with Crippen molar-refractivity contribution in [3.05, 3.63) is 84.4 Å². The van der Waals surface area contributed by atoms with Gasteiger partial charge in [0.25, 0.3) is 0 Å². The first kappa shape index (κ1) is 24.4. The fraction of sp³-hybridized carbons (Fsp3) is 0.233. The maximum atomic E-state index is 4.97. The third-order valence-electron chi connectivity index (χ3n) is 7.48. The molecule has 0 saturated carbocycles. The summed E-state index contributed by atoms with van der Waals surface area (Å²) < 4.78 is 0. The van der Waals surface area contributed by atoms with Crippen molar-refractivity contribution in [2.45, 2.75) is 13.1 Å². The van der Waals surface area contributed by atoms with E-state index in [4.69, 9.17) is 4.98 Å². The van der Waals surface area contributed by atoms with Gasteiger partial charge in [-0.1, -0.05) is 30.3 Å². The summed E-state index contributed by atoms with van der Waals surface area (Å²) in [6.07, 6.45) is 7.47. The molecule has 1 saturated heterocycles. The minimum atomic E-state index is 0.672. The highest BCUT2D eigenvalue weighted by Crippen LogP contribution is 2.31. The Kier molecular flexibility index (Phi) is 6.39. The molecule has 0 aliphatic carbocycles. The Morgan fingerprint density at radius 1 is 0.850 bits per heavy atom. The van der Waals surface area contributed by atoms with Crippen LogP contribution in [0.1, 0.15) is 11.1 Å². The van der Waals surface area contributed by atoms with E-state index in [1.807, 2.05) is 30.9 Å². The van der Waals surface area contributed by atoms with E-state index < -0.39 is 0 Å². The lowest BCUT2D eigenvalue weighted by molar-refractivity contribution is 0.313. The number of fused-ring (bicyclic) bond motifs is 2. The van der Waals surface area contributed by atoms with Crippen LogP contribution in [0.15, 0.2) is 73.3 Å². The van der Waals surface area contributed by atoms with E-state index >= 15 is 0 Å². The van der Waals surface area contributed by atoms with Crippen LogP contribution in [0, 0.1) is 0 Å². The zero-order valence-electron chi connectivity index (χ0n) is 22.3. The molecule has 0 atom stereocenters. The molecule has 7 rings (SSSR count). The Morgan fingerprint density at radius 2 is 1.68 bits per heavy atom. The van der Waals surface area contributed by atoms with Gasteiger partial charge in [0, 0.05) is 75.2 Å². The Hall–Kier alpha value is -4.67. The van der Waals surface area contributed by atoms with Crippen molar-refractivity contribution in [1.82, 2.24) is 45.3 Å². The molecular weight excluding hydrogens is 500 g/mol. The third kappa shape index (κ3) is 4.78. The lowest BCUT2D eigenvalue weighted by atomic mass is 10.1. The van der Waals surface area contributed by atoms with Crippen molar-refractivity contribution in [1.29, 1.82) is 0 Å². The molecule has 1 aromatic carbocycles. The lowest BCUT2D eigenvalue weighted by Gasteiger charge is -2.33. The van der Waals surface area contributed by atoms with Crippen molar-refractivity contribution in [2.75, 3.05) is 38.1 Å². The molecule has 3 N–H and O–H groups in total. The van der Waals surface area contributed by atoms with Gasteiger partial charge in [-0.05, 0) is 36.4 Å². The van der Waals surface area contributed by atoms with Gasteiger partial charge in [0.1, 0.15) is 11.2 Å². The number of likely N-dealkylation sites (N-methyl/N-ethyl adjacent to an activating group) is 1. The summed E-state index contributed by atoms with van der Waals surface area (Å²) in [7, 11) is 2.16. The van der Waals surface area contributed by atoms with Crippen molar-refractivity contribution < 1.29 is 0 Å². The zero-order valence-corrected chi connectivity index (χ0v) is 22.3. The quantitative estimate of drug-likeness (QED) is 0.284. The number of hydrogen-bond acceptors (Lipinski definition) is 8. The summed E-state index contributed by atoms with van der Waals surface area (Å²) in [6.45, 7) is 5.51. The fourth-order valence-electron chi connectivity index (χ4n) is 5.24. The molecule has 0 bridgehead atoms. The largest absolute Gasteiger partial charge is 0.367 e. The number of hydrogen-bond donors (Lipinski definition) is 3. The van der Waals surface area contributed by atoms with Gasteiger partial charge in [-0.2, -0.15) is 5.10 Å². The number of rotatable bonds is 7. The Bertz CT molecular complexity index is 1770. The standard InChI is InChI=1S/C30H30N10/c1-39-9-11-40(12-10-39)25-7-8-33-29-27(25)35-30(36-29)26-24-14-23(19-34-28(24)38-37-26)22-13-21(17-32-18-22)16-31-15-20-5-3-2-4-6-20/h2-8,13-14,17-19,31H,9-12,15-16H2,1H3,(H,33,35,36)(H,34,37,38). The highest BCUT2D eigenvalue weighted by Gasteiger charge is 2.21. The maximum Gasteiger partial charge on any atom is 0.161 e. The van der Waals surface area contributed by atoms with Crippen LogP contribution >= 0.6 is 0 Å². The second-order valence-corrected chi connectivity index (χ2v) is 10.3. The molecule has 1 fully saturated rings. The van der Waals surface area contributed by atoms with Gasteiger partial charge in [0.2, 0.25) is 0 Å². The average Bonchev–Trinajstić information content (AvgIpc) is 3.62. The number of imidazole rings is 1. The van der Waals surface area contributed by atoms with E-state index in [1.165, 1.54) is 5.56 Å². The molecule has 0 spiro atoms. The van der Waals surface area contributed by atoms with Crippen LogP contribution in [0.3, 0.4) is 0 Å². The van der Waals surface area contributed by atoms with Gasteiger partial charge in [-0.15, -0.1) is 0 Å². The summed E-state index contributed by atoms with van der Waals surface area (Å²) in [5.74, 6) is 0.672. The van der Waals surface area contributed by atoms with Gasteiger partial charge in [-0.3, -0.25) is 10.1 Å². The first-order valence-electron chi connectivity index (χ1n) is 13.5. The van der Waals surface area contributed by atoms with Gasteiger partial charge in [0.15, 0.2) is 17.1 Å². The van der Waals surface area contributed by atoms with E-state index in [-0.39, 0.29) is 0 Å². The van der Waals surface area contributed by atoms with Gasteiger partial charge < -0.3 is 20.1 Å². The van der Waals surface area contributed by atoms with E-state index in [0.29, 0.717) is 11.5 Å². The van der Waals surface area contributed by atoms with Crippen molar-refractivity contribution in [2.24, 2.45) is 0 Å². The molecule has 6 heterocycles. The topological polar surface area (TPSA) is 115 Å². The second-order valence-electron chi connectivity index (χ2n) is 10.3. The fourth-order valence-corrected chi connectivity index (χ4v) is 5.24. The van der Waals surface area contributed by atoms with Gasteiger partial charge in [-0.25, -0.2) is 15.0 Å². The van der Waals surface area contributed by atoms with Crippen molar-refractivity contribution >= 4 is 27.9 Å². The minimum absolute atomic E-state index is 0.672. The van der Waals surface area contributed by atoms with E-state index in [9.17, 15) is 0 Å². The van der Waals surface area contributed by atoms with Crippen LogP contribution in [-0.4, -0.2) is 73.2 Å². The maximum absolute atomic E-state index is 4.97.